The molecule has 1 aromatic rings. The molecule has 1 aliphatic heterocycles. The molecular weight excluding hydrogens is 341 g/mol. The van der Waals surface area contributed by atoms with Crippen LogP contribution in [0.1, 0.15) is 26.3 Å². The fourth-order valence-corrected chi connectivity index (χ4v) is 3.08. The summed E-state index contributed by atoms with van der Waals surface area (Å²) >= 11 is 0. The molecule has 0 spiro atoms. The van der Waals surface area contributed by atoms with Crippen LogP contribution in [-0.4, -0.2) is 47.3 Å². The summed E-state index contributed by atoms with van der Waals surface area (Å²) in [4.78, 5) is 19.3. The van der Waals surface area contributed by atoms with Gasteiger partial charge in [0.2, 0.25) is 4.91 Å². The van der Waals surface area contributed by atoms with Crippen molar-refractivity contribution in [2.24, 2.45) is 10.5 Å². The molecule has 1 saturated heterocycles. The molecule has 1 fully saturated rings. The van der Waals surface area contributed by atoms with Gasteiger partial charge in [-0.15, -0.1) is 0 Å². The van der Waals surface area contributed by atoms with E-state index in [4.69, 9.17) is 10.3 Å². The molecule has 2 rings (SSSR count). The van der Waals surface area contributed by atoms with E-state index in [1.807, 2.05) is 20.8 Å². The zero-order chi connectivity index (χ0) is 19.3. The van der Waals surface area contributed by atoms with E-state index in [9.17, 15) is 14.3 Å². The highest BCUT2D eigenvalue weighted by Crippen LogP contribution is 2.35. The van der Waals surface area contributed by atoms with Crippen molar-refractivity contribution < 1.29 is 19.0 Å². The summed E-state index contributed by atoms with van der Waals surface area (Å²) in [7, 11) is 0. The Balaban J connectivity index is 2.14. The minimum absolute atomic E-state index is 0.0409. The molecule has 1 aliphatic rings. The second kappa shape index (κ2) is 8.04. The summed E-state index contributed by atoms with van der Waals surface area (Å²) in [6.45, 7) is 5.60. The van der Waals surface area contributed by atoms with Crippen LogP contribution in [0, 0.1) is 28.6 Å². The molecule has 0 saturated carbocycles. The molecule has 1 unspecified atom stereocenters. The van der Waals surface area contributed by atoms with Crippen LogP contribution in [0.4, 0.5) is 9.18 Å². The Bertz CT molecular complexity index is 777. The fourth-order valence-electron chi connectivity index (χ4n) is 3.08. The van der Waals surface area contributed by atoms with E-state index in [1.54, 1.807) is 0 Å². The standard InChI is InChI=1S/C17H20FN5O3/c1-17(2,3)15-14(21-22-19)13(10-23(15)16(24)25)26-8-4-5-11-6-7-20-9-12(11)18/h6-7,9,13-15,19H,8,10H2,1-3H3/t13-,14+,15?/m0/s1. The van der Waals surface area contributed by atoms with Gasteiger partial charge in [-0.25, -0.2) is 4.39 Å². The van der Waals surface area contributed by atoms with Crippen molar-refractivity contribution in [3.63, 3.8) is 0 Å². The Kier molecular flexibility index (Phi) is 6.03. The molecule has 1 aromatic heterocycles. The number of halogens is 1. The normalized spacial score (nSPS) is 22.3. The number of amides is 1. The lowest BCUT2D eigenvalue weighted by molar-refractivity contribution is -0.268. The number of likely N-dealkylation sites (tertiary alicyclic amines) is 1. The van der Waals surface area contributed by atoms with Gasteiger partial charge in [-0.1, -0.05) is 32.6 Å². The average molecular weight is 361 g/mol. The number of carbonyl (C=O) groups excluding carboxylic acids is 1. The third kappa shape index (κ3) is 4.42. The molecule has 26 heavy (non-hydrogen) atoms. The van der Waals surface area contributed by atoms with E-state index in [-0.39, 0.29) is 18.7 Å². The molecule has 8 nitrogen and oxygen atoms in total. The molecule has 0 aliphatic carbocycles. The van der Waals surface area contributed by atoms with Gasteiger partial charge in [-0.05, 0) is 11.5 Å². The molecule has 138 valence electrons. The van der Waals surface area contributed by atoms with Crippen molar-refractivity contribution in [3.05, 3.63) is 29.8 Å². The topological polar surface area (TPSA) is 116 Å². The van der Waals surface area contributed by atoms with Gasteiger partial charge >= 0.3 is 0 Å². The van der Waals surface area contributed by atoms with Crippen molar-refractivity contribution in [1.29, 1.82) is 5.53 Å². The van der Waals surface area contributed by atoms with Crippen LogP contribution in [0.15, 0.2) is 23.6 Å². The van der Waals surface area contributed by atoms with Crippen molar-refractivity contribution in [2.45, 2.75) is 39.0 Å². The number of aromatic nitrogens is 1. The summed E-state index contributed by atoms with van der Waals surface area (Å²) in [6.07, 6.45) is 0.549. The minimum atomic E-state index is -1.33. The predicted molar refractivity (Wildman–Crippen MR) is 87.2 cm³/mol. The first-order chi connectivity index (χ1) is 12.3. The highest BCUT2D eigenvalue weighted by atomic mass is 19.1. The molecule has 3 atom stereocenters. The molecule has 0 bridgehead atoms. The fraction of sp³-hybridized carbons (Fsp3) is 0.529. The summed E-state index contributed by atoms with van der Waals surface area (Å²) in [5.41, 5.74) is 6.76. The lowest BCUT2D eigenvalue weighted by Crippen LogP contribution is -2.51. The predicted octanol–water partition coefficient (Wildman–Crippen LogP) is 0.950. The molecule has 0 aromatic carbocycles. The minimum Gasteiger partial charge on any atom is -0.530 e. The molecular formula is C17H20FN5O3. The maximum absolute atomic E-state index is 13.5. The van der Waals surface area contributed by atoms with Crippen LogP contribution in [0.5, 0.6) is 0 Å². The molecule has 1 N–H and O–H groups in total. The number of rotatable bonds is 3. The summed E-state index contributed by atoms with van der Waals surface area (Å²) in [5, 5.41) is 15.3. The van der Waals surface area contributed by atoms with Crippen LogP contribution in [-0.2, 0) is 4.74 Å². The second-order valence-electron chi connectivity index (χ2n) is 6.94. The highest BCUT2D eigenvalue weighted by molar-refractivity contribution is 5.64. The Morgan fingerprint density at radius 1 is 1.62 bits per heavy atom. The Morgan fingerprint density at radius 3 is 2.92 bits per heavy atom. The summed E-state index contributed by atoms with van der Waals surface area (Å²) in [5.74, 6) is 4.79. The monoisotopic (exact) mass is 361 g/mol. The first-order valence-electron chi connectivity index (χ1n) is 8.00. The van der Waals surface area contributed by atoms with Crippen molar-refractivity contribution in [3.8, 4) is 11.8 Å². The number of ether oxygens (including phenoxy) is 1. The number of hydrogen-bond acceptors (Lipinski definition) is 6. The van der Waals surface area contributed by atoms with Gasteiger partial charge in [-0.3, -0.25) is 4.98 Å². The van der Waals surface area contributed by atoms with Crippen LogP contribution < -0.4 is 10.0 Å². The lowest BCUT2D eigenvalue weighted by Gasteiger charge is -2.36. The van der Waals surface area contributed by atoms with Gasteiger partial charge in [0.05, 0.1) is 17.8 Å². The number of carboxylic acid groups (broad SMARTS) is 1. The molecule has 1 amide bonds. The Labute approximate surface area is 150 Å². The van der Waals surface area contributed by atoms with E-state index < -0.39 is 35.5 Å². The molecule has 9 heteroatoms. The van der Waals surface area contributed by atoms with E-state index >= 15 is 0 Å². The highest BCUT2D eigenvalue weighted by Gasteiger charge is 2.51. The van der Waals surface area contributed by atoms with Crippen LogP contribution >= 0.6 is 0 Å². The van der Waals surface area contributed by atoms with Crippen molar-refractivity contribution in [2.75, 3.05) is 13.2 Å². The van der Waals surface area contributed by atoms with Crippen LogP contribution in [0.2, 0.25) is 0 Å². The van der Waals surface area contributed by atoms with Gasteiger partial charge in [0.25, 0.3) is 0 Å². The maximum atomic E-state index is 13.5. The number of nitrogens with zero attached hydrogens (tertiary/aromatic N) is 4. The third-order valence-corrected chi connectivity index (χ3v) is 4.09. The number of pyridine rings is 1. The first-order valence-corrected chi connectivity index (χ1v) is 8.00. The van der Waals surface area contributed by atoms with Gasteiger partial charge < -0.3 is 19.5 Å². The van der Waals surface area contributed by atoms with Gasteiger partial charge in [0, 0.05) is 12.7 Å². The Morgan fingerprint density at radius 2 is 2.35 bits per heavy atom. The number of carbonyl (C=O) groups is 1. The zero-order valence-corrected chi connectivity index (χ0v) is 14.8. The second-order valence-corrected chi connectivity index (χ2v) is 6.94. The smallest absolute Gasteiger partial charge is 0.214 e. The zero-order valence-electron chi connectivity index (χ0n) is 14.8. The van der Waals surface area contributed by atoms with Gasteiger partial charge in [-0.2, -0.15) is 0 Å². The quantitative estimate of drug-likeness (QED) is 0.490. The molecule has 0 radical (unpaired) electrons. The van der Waals surface area contributed by atoms with Crippen LogP contribution in [0.25, 0.3) is 0 Å². The van der Waals surface area contributed by atoms with Crippen molar-refractivity contribution >= 4 is 6.09 Å². The third-order valence-electron chi connectivity index (χ3n) is 4.09. The average Bonchev–Trinajstić information content (AvgIpc) is 2.92. The summed E-state index contributed by atoms with van der Waals surface area (Å²) < 4.78 is 19.1. The van der Waals surface area contributed by atoms with Crippen molar-refractivity contribution in [1.82, 2.24) is 14.8 Å². The number of nitrogens with one attached hydrogen (secondary N) is 1. The number of hydrogen-bond donors (Lipinski definition) is 1. The lowest BCUT2D eigenvalue weighted by atomic mass is 9.82. The van der Waals surface area contributed by atoms with E-state index in [2.05, 4.69) is 26.9 Å². The molecule has 2 heterocycles. The largest absolute Gasteiger partial charge is 0.530 e. The van der Waals surface area contributed by atoms with Gasteiger partial charge in [0.1, 0.15) is 29.4 Å². The SMILES string of the molecule is CC(C)(C)C1[C@H](N=[N+]=N)[C@@H](OCC#Cc2ccncc2F)CN1C(=O)[O-]. The Hall–Kier alpha value is -2.82. The van der Waals surface area contributed by atoms with Gasteiger partial charge in [0.15, 0.2) is 11.9 Å². The van der Waals surface area contributed by atoms with Crippen LogP contribution in [0.3, 0.4) is 0 Å². The first kappa shape index (κ1) is 19.5. The van der Waals surface area contributed by atoms with E-state index in [0.29, 0.717) is 0 Å². The summed E-state index contributed by atoms with van der Waals surface area (Å²) in [6, 6.07) is 0.254. The van der Waals surface area contributed by atoms with E-state index in [1.165, 1.54) is 12.3 Å². The maximum Gasteiger partial charge on any atom is 0.214 e. The van der Waals surface area contributed by atoms with E-state index in [0.717, 1.165) is 11.1 Å².